The first kappa shape index (κ1) is 14.3. The number of hydrogen-bond acceptors (Lipinski definition) is 4. The zero-order valence-corrected chi connectivity index (χ0v) is 11.4. The van der Waals surface area contributed by atoms with Gasteiger partial charge in [0.15, 0.2) is 0 Å². The number of carboxylic acids is 1. The van der Waals surface area contributed by atoms with Crippen molar-refractivity contribution in [3.05, 3.63) is 28.0 Å². The molecule has 0 saturated carbocycles. The average molecular weight is 294 g/mol. The third kappa shape index (κ3) is 3.05. The molecule has 106 valence electrons. The molecule has 1 saturated heterocycles. The minimum Gasteiger partial charge on any atom is -0.478 e. The number of hydrogen-bond donors (Lipinski definition) is 2. The lowest BCUT2D eigenvalue weighted by Crippen LogP contribution is -2.31. The van der Waals surface area contributed by atoms with Crippen LogP contribution in [0.2, 0.25) is 0 Å². The number of nitrogens with two attached hydrogens (primary N) is 1. The molecule has 1 fully saturated rings. The summed E-state index contributed by atoms with van der Waals surface area (Å²) in [6, 6.07) is 1.69. The van der Waals surface area contributed by atoms with Crippen molar-refractivity contribution in [2.45, 2.75) is 6.42 Å². The average Bonchev–Trinajstić information content (AvgIpc) is 3.04. The van der Waals surface area contributed by atoms with Gasteiger partial charge >= 0.3 is 5.97 Å². The molecule has 0 bridgehead atoms. The fourth-order valence-electron chi connectivity index (χ4n) is 2.11. The quantitative estimate of drug-likeness (QED) is 0.802. The molecule has 1 aliphatic heterocycles. The van der Waals surface area contributed by atoms with Gasteiger partial charge < -0.3 is 15.7 Å². The lowest BCUT2D eigenvalue weighted by atomic mass is 10.1. The monoisotopic (exact) mass is 294 g/mol. The van der Waals surface area contributed by atoms with Gasteiger partial charge in [-0.1, -0.05) is 0 Å². The van der Waals surface area contributed by atoms with E-state index in [0.29, 0.717) is 30.0 Å². The van der Waals surface area contributed by atoms with E-state index >= 15 is 0 Å². The van der Waals surface area contributed by atoms with E-state index in [0.717, 1.165) is 6.08 Å². The predicted molar refractivity (Wildman–Crippen MR) is 74.2 cm³/mol. The summed E-state index contributed by atoms with van der Waals surface area (Å²) < 4.78 is 0. The van der Waals surface area contributed by atoms with E-state index in [1.165, 1.54) is 17.4 Å². The standard InChI is InChI=1S/C13H14N2O4S/c14-12(18)9-3-5-15(7-9)13(19)11-8(4-6-20-11)1-2-10(16)17/h1-2,4,6,9H,3,5,7H2,(H2,14,18)(H,16,17)/b2-1+. The summed E-state index contributed by atoms with van der Waals surface area (Å²) in [7, 11) is 0. The second-order valence-corrected chi connectivity index (χ2v) is 5.43. The van der Waals surface area contributed by atoms with Gasteiger partial charge in [0.25, 0.3) is 5.91 Å². The van der Waals surface area contributed by atoms with Crippen molar-refractivity contribution < 1.29 is 19.5 Å². The van der Waals surface area contributed by atoms with Crippen molar-refractivity contribution in [3.63, 3.8) is 0 Å². The van der Waals surface area contributed by atoms with E-state index in [9.17, 15) is 14.4 Å². The Morgan fingerprint density at radius 1 is 1.45 bits per heavy atom. The highest BCUT2D eigenvalue weighted by Gasteiger charge is 2.31. The molecule has 0 spiro atoms. The van der Waals surface area contributed by atoms with Crippen LogP contribution in [-0.2, 0) is 9.59 Å². The zero-order valence-electron chi connectivity index (χ0n) is 10.6. The minimum absolute atomic E-state index is 0.186. The second kappa shape index (κ2) is 5.87. The summed E-state index contributed by atoms with van der Waals surface area (Å²) in [6.45, 7) is 0.820. The van der Waals surface area contributed by atoms with E-state index in [1.807, 2.05) is 0 Å². The largest absolute Gasteiger partial charge is 0.478 e. The van der Waals surface area contributed by atoms with Gasteiger partial charge in [-0.15, -0.1) is 11.3 Å². The first-order valence-corrected chi connectivity index (χ1v) is 6.94. The van der Waals surface area contributed by atoms with Crippen molar-refractivity contribution >= 4 is 35.2 Å². The van der Waals surface area contributed by atoms with E-state index in [-0.39, 0.29) is 11.8 Å². The molecular weight excluding hydrogens is 280 g/mol. The van der Waals surface area contributed by atoms with Crippen LogP contribution in [0, 0.1) is 5.92 Å². The fourth-order valence-corrected chi connectivity index (χ4v) is 2.96. The van der Waals surface area contributed by atoms with E-state index in [2.05, 4.69) is 0 Å². The summed E-state index contributed by atoms with van der Waals surface area (Å²) in [6.07, 6.45) is 2.97. The van der Waals surface area contributed by atoms with Gasteiger partial charge in [-0.25, -0.2) is 4.79 Å². The summed E-state index contributed by atoms with van der Waals surface area (Å²) in [5.41, 5.74) is 5.81. The Kier molecular flexibility index (Phi) is 4.19. The third-order valence-electron chi connectivity index (χ3n) is 3.17. The number of carbonyl (C=O) groups excluding carboxylic acids is 2. The molecule has 2 heterocycles. The Hall–Kier alpha value is -2.15. The molecule has 7 heteroatoms. The molecule has 1 aromatic rings. The van der Waals surface area contributed by atoms with Crippen LogP contribution in [0.1, 0.15) is 21.7 Å². The minimum atomic E-state index is -1.07. The second-order valence-electron chi connectivity index (χ2n) is 4.52. The predicted octanol–water partition coefficient (Wildman–Crippen LogP) is 0.793. The van der Waals surface area contributed by atoms with Gasteiger partial charge in [0, 0.05) is 19.2 Å². The van der Waals surface area contributed by atoms with Crippen LogP contribution >= 0.6 is 11.3 Å². The zero-order chi connectivity index (χ0) is 14.7. The smallest absolute Gasteiger partial charge is 0.328 e. The molecule has 0 radical (unpaired) electrons. The maximum absolute atomic E-state index is 12.3. The van der Waals surface area contributed by atoms with Crippen LogP contribution in [0.5, 0.6) is 0 Å². The Morgan fingerprint density at radius 3 is 2.80 bits per heavy atom. The van der Waals surface area contributed by atoms with Crippen molar-refractivity contribution in [3.8, 4) is 0 Å². The van der Waals surface area contributed by atoms with Crippen LogP contribution in [0.25, 0.3) is 6.08 Å². The number of likely N-dealkylation sites (tertiary alicyclic amines) is 1. The number of carboxylic acid groups (broad SMARTS) is 1. The number of carbonyl (C=O) groups is 3. The molecular formula is C13H14N2O4S. The topological polar surface area (TPSA) is 101 Å². The highest BCUT2D eigenvalue weighted by atomic mass is 32.1. The Bertz CT molecular complexity index is 579. The maximum Gasteiger partial charge on any atom is 0.328 e. The van der Waals surface area contributed by atoms with Crippen LogP contribution < -0.4 is 5.73 Å². The number of nitrogens with zero attached hydrogens (tertiary/aromatic N) is 1. The number of aliphatic carboxylic acids is 1. The van der Waals surface area contributed by atoms with Gasteiger partial charge in [-0.2, -0.15) is 0 Å². The van der Waals surface area contributed by atoms with Crippen LogP contribution in [0.4, 0.5) is 0 Å². The van der Waals surface area contributed by atoms with Crippen molar-refractivity contribution in [1.82, 2.24) is 4.90 Å². The first-order chi connectivity index (χ1) is 9.49. The molecule has 6 nitrogen and oxygen atoms in total. The van der Waals surface area contributed by atoms with Crippen LogP contribution in [-0.4, -0.2) is 40.9 Å². The Labute approximate surface area is 119 Å². The fraction of sp³-hybridized carbons (Fsp3) is 0.308. The van der Waals surface area contributed by atoms with Crippen LogP contribution in [0.15, 0.2) is 17.5 Å². The van der Waals surface area contributed by atoms with Crippen molar-refractivity contribution in [2.24, 2.45) is 11.7 Å². The molecule has 3 N–H and O–H groups in total. The maximum atomic E-state index is 12.3. The molecule has 2 rings (SSSR count). The lowest BCUT2D eigenvalue weighted by molar-refractivity contribution is -0.131. The van der Waals surface area contributed by atoms with Gasteiger partial charge in [0.1, 0.15) is 0 Å². The Balaban J connectivity index is 2.13. The van der Waals surface area contributed by atoms with Gasteiger partial charge in [0.2, 0.25) is 5.91 Å². The summed E-state index contributed by atoms with van der Waals surface area (Å²) in [4.78, 5) is 36.0. The normalized spacial score (nSPS) is 18.6. The van der Waals surface area contributed by atoms with E-state index in [4.69, 9.17) is 10.8 Å². The number of thiophene rings is 1. The number of primary amides is 1. The van der Waals surface area contributed by atoms with Crippen LogP contribution in [0.3, 0.4) is 0 Å². The molecule has 1 unspecified atom stereocenters. The molecule has 20 heavy (non-hydrogen) atoms. The Morgan fingerprint density at radius 2 is 2.20 bits per heavy atom. The van der Waals surface area contributed by atoms with E-state index in [1.54, 1.807) is 16.3 Å². The number of rotatable bonds is 4. The molecule has 1 aliphatic rings. The first-order valence-electron chi connectivity index (χ1n) is 6.06. The van der Waals surface area contributed by atoms with E-state index < -0.39 is 11.9 Å². The molecule has 1 aromatic heterocycles. The summed E-state index contributed by atoms with van der Waals surface area (Å²) in [5, 5.41) is 10.4. The molecule has 1 atom stereocenters. The van der Waals surface area contributed by atoms with Crippen molar-refractivity contribution in [1.29, 1.82) is 0 Å². The number of amides is 2. The summed E-state index contributed by atoms with van der Waals surface area (Å²) in [5.74, 6) is -1.94. The molecule has 2 amide bonds. The summed E-state index contributed by atoms with van der Waals surface area (Å²) >= 11 is 1.25. The van der Waals surface area contributed by atoms with Gasteiger partial charge in [-0.3, -0.25) is 9.59 Å². The van der Waals surface area contributed by atoms with Gasteiger partial charge in [-0.05, 0) is 29.5 Å². The van der Waals surface area contributed by atoms with Crippen molar-refractivity contribution in [2.75, 3.05) is 13.1 Å². The molecule has 0 aromatic carbocycles. The molecule has 0 aliphatic carbocycles. The van der Waals surface area contributed by atoms with Gasteiger partial charge in [0.05, 0.1) is 10.8 Å². The third-order valence-corrected chi connectivity index (χ3v) is 4.09. The lowest BCUT2D eigenvalue weighted by Gasteiger charge is -2.15. The SMILES string of the molecule is NC(=O)C1CCN(C(=O)c2sccc2/C=C/C(=O)O)C1. The highest BCUT2D eigenvalue weighted by Crippen LogP contribution is 2.24. The highest BCUT2D eigenvalue weighted by molar-refractivity contribution is 7.12.